The normalized spacial score (nSPS) is 11.7. The molecule has 4 nitrogen and oxygen atoms in total. The highest BCUT2D eigenvalue weighted by Crippen LogP contribution is 2.18. The summed E-state index contributed by atoms with van der Waals surface area (Å²) in [6.45, 7) is 1.92. The molecule has 0 aliphatic rings. The molecule has 3 aromatic rings. The van der Waals surface area contributed by atoms with Gasteiger partial charge in [0, 0.05) is 11.6 Å². The number of fused-ring (bicyclic) bond motifs is 1. The molecule has 0 aliphatic heterocycles. The van der Waals surface area contributed by atoms with Crippen LogP contribution in [0.15, 0.2) is 60.8 Å². The van der Waals surface area contributed by atoms with Crippen molar-refractivity contribution < 1.29 is 4.79 Å². The Hall–Kier alpha value is -3.19. The molecule has 0 radical (unpaired) electrons. The van der Waals surface area contributed by atoms with Crippen molar-refractivity contribution in [2.75, 3.05) is 0 Å². The van der Waals surface area contributed by atoms with Gasteiger partial charge in [0.25, 0.3) is 5.91 Å². The molecule has 0 saturated carbocycles. The van der Waals surface area contributed by atoms with E-state index in [2.05, 4.69) is 16.4 Å². The molecule has 1 heterocycles. The first-order valence-corrected chi connectivity index (χ1v) is 7.33. The molecular formula is C19H15N3O. The van der Waals surface area contributed by atoms with Gasteiger partial charge in [0.05, 0.1) is 28.8 Å². The van der Waals surface area contributed by atoms with E-state index in [0.717, 1.165) is 16.5 Å². The minimum atomic E-state index is -0.151. The molecule has 0 bridgehead atoms. The summed E-state index contributed by atoms with van der Waals surface area (Å²) in [4.78, 5) is 16.8. The second kappa shape index (κ2) is 6.29. The number of hydrogen-bond donors (Lipinski definition) is 1. The minimum absolute atomic E-state index is 0.138. The first-order chi connectivity index (χ1) is 11.2. The maximum absolute atomic E-state index is 12.6. The summed E-state index contributed by atoms with van der Waals surface area (Å²) < 4.78 is 0. The van der Waals surface area contributed by atoms with Crippen molar-refractivity contribution in [2.45, 2.75) is 13.0 Å². The average molecular weight is 301 g/mol. The Morgan fingerprint density at radius 3 is 2.61 bits per heavy atom. The summed E-state index contributed by atoms with van der Waals surface area (Å²) in [5.74, 6) is -0.138. The van der Waals surface area contributed by atoms with E-state index in [0.29, 0.717) is 11.1 Å². The monoisotopic (exact) mass is 301 g/mol. The number of hydrogen-bond acceptors (Lipinski definition) is 3. The summed E-state index contributed by atoms with van der Waals surface area (Å²) >= 11 is 0. The van der Waals surface area contributed by atoms with Gasteiger partial charge in [-0.1, -0.05) is 30.3 Å². The molecule has 4 heteroatoms. The quantitative estimate of drug-likeness (QED) is 0.804. The summed E-state index contributed by atoms with van der Waals surface area (Å²) in [7, 11) is 0. The second-order valence-corrected chi connectivity index (χ2v) is 5.30. The Labute approximate surface area is 134 Å². The van der Waals surface area contributed by atoms with Crippen molar-refractivity contribution in [3.63, 3.8) is 0 Å². The second-order valence-electron chi connectivity index (χ2n) is 5.30. The van der Waals surface area contributed by atoms with Gasteiger partial charge >= 0.3 is 0 Å². The summed E-state index contributed by atoms with van der Waals surface area (Å²) in [6, 6.07) is 18.4. The first kappa shape index (κ1) is 14.7. The Bertz CT molecular complexity index is 889. The minimum Gasteiger partial charge on any atom is -0.345 e. The Kier molecular flexibility index (Phi) is 4.03. The molecule has 0 saturated heterocycles. The number of carbonyl (C=O) groups excluding carboxylic acids is 1. The van der Waals surface area contributed by atoms with Gasteiger partial charge in [-0.2, -0.15) is 5.26 Å². The van der Waals surface area contributed by atoms with Crippen molar-refractivity contribution in [2.24, 2.45) is 0 Å². The van der Waals surface area contributed by atoms with Crippen molar-refractivity contribution in [1.82, 2.24) is 10.3 Å². The Morgan fingerprint density at radius 2 is 1.87 bits per heavy atom. The third-order valence-corrected chi connectivity index (χ3v) is 3.78. The van der Waals surface area contributed by atoms with Crippen LogP contribution in [0, 0.1) is 11.3 Å². The summed E-state index contributed by atoms with van der Waals surface area (Å²) in [5, 5.41) is 12.7. The van der Waals surface area contributed by atoms with Gasteiger partial charge in [0.1, 0.15) is 0 Å². The number of nitriles is 1. The van der Waals surface area contributed by atoms with E-state index in [1.807, 2.05) is 43.3 Å². The van der Waals surface area contributed by atoms with Crippen molar-refractivity contribution in [1.29, 1.82) is 5.26 Å². The highest BCUT2D eigenvalue weighted by Gasteiger charge is 2.14. The lowest BCUT2D eigenvalue weighted by Crippen LogP contribution is -2.26. The SMILES string of the molecule is CC(NC(=O)c1ccnc2ccccc12)c1ccc(C#N)cc1. The lowest BCUT2D eigenvalue weighted by molar-refractivity contribution is 0.0941. The van der Waals surface area contributed by atoms with Gasteiger partial charge in [-0.05, 0) is 36.8 Å². The largest absolute Gasteiger partial charge is 0.345 e. The zero-order valence-electron chi connectivity index (χ0n) is 12.7. The molecule has 1 N–H and O–H groups in total. The van der Waals surface area contributed by atoms with Crippen molar-refractivity contribution in [3.8, 4) is 6.07 Å². The van der Waals surface area contributed by atoms with E-state index in [-0.39, 0.29) is 11.9 Å². The molecule has 0 fully saturated rings. The van der Waals surface area contributed by atoms with Crippen LogP contribution < -0.4 is 5.32 Å². The van der Waals surface area contributed by atoms with Crippen LogP contribution in [0.2, 0.25) is 0 Å². The van der Waals surface area contributed by atoms with E-state index < -0.39 is 0 Å². The summed E-state index contributed by atoms with van der Waals surface area (Å²) in [6.07, 6.45) is 1.64. The van der Waals surface area contributed by atoms with Gasteiger partial charge < -0.3 is 5.32 Å². The standard InChI is InChI=1S/C19H15N3O/c1-13(15-8-6-14(12-20)7-9-15)22-19(23)17-10-11-21-18-5-3-2-4-16(17)18/h2-11,13H,1H3,(H,22,23). The lowest BCUT2D eigenvalue weighted by atomic mass is 10.0. The van der Waals surface area contributed by atoms with Crippen molar-refractivity contribution in [3.05, 3.63) is 77.5 Å². The van der Waals surface area contributed by atoms with Crippen LogP contribution in [0.1, 0.15) is 34.5 Å². The van der Waals surface area contributed by atoms with Crippen LogP contribution in [0.5, 0.6) is 0 Å². The smallest absolute Gasteiger partial charge is 0.252 e. The first-order valence-electron chi connectivity index (χ1n) is 7.33. The maximum atomic E-state index is 12.6. The third kappa shape index (κ3) is 3.04. The number of aromatic nitrogens is 1. The molecule has 1 atom stereocenters. The number of carbonyl (C=O) groups is 1. The molecule has 2 aromatic carbocycles. The third-order valence-electron chi connectivity index (χ3n) is 3.78. The topological polar surface area (TPSA) is 65.8 Å². The molecule has 1 unspecified atom stereocenters. The predicted octanol–water partition coefficient (Wildman–Crippen LogP) is 3.60. The summed E-state index contributed by atoms with van der Waals surface area (Å²) in [5.41, 5.74) is 2.96. The van der Waals surface area contributed by atoms with E-state index in [1.54, 1.807) is 24.4 Å². The van der Waals surface area contributed by atoms with Gasteiger partial charge in [-0.3, -0.25) is 9.78 Å². The molecule has 23 heavy (non-hydrogen) atoms. The van der Waals surface area contributed by atoms with Crippen LogP contribution in [0.25, 0.3) is 10.9 Å². The number of amides is 1. The van der Waals surface area contributed by atoms with Crippen LogP contribution in [0.4, 0.5) is 0 Å². The van der Waals surface area contributed by atoms with Gasteiger partial charge in [-0.15, -0.1) is 0 Å². The zero-order chi connectivity index (χ0) is 16.2. The van der Waals surface area contributed by atoms with Crippen LogP contribution in [-0.4, -0.2) is 10.9 Å². The number of rotatable bonds is 3. The van der Waals surface area contributed by atoms with Crippen molar-refractivity contribution >= 4 is 16.8 Å². The molecule has 1 amide bonds. The van der Waals surface area contributed by atoms with E-state index in [1.165, 1.54) is 0 Å². The van der Waals surface area contributed by atoms with Gasteiger partial charge in [0.2, 0.25) is 0 Å². The molecule has 112 valence electrons. The predicted molar refractivity (Wildman–Crippen MR) is 88.8 cm³/mol. The maximum Gasteiger partial charge on any atom is 0.252 e. The highest BCUT2D eigenvalue weighted by atomic mass is 16.1. The van der Waals surface area contributed by atoms with E-state index >= 15 is 0 Å². The fourth-order valence-electron chi connectivity index (χ4n) is 2.50. The molecule has 1 aromatic heterocycles. The van der Waals surface area contributed by atoms with E-state index in [9.17, 15) is 4.79 Å². The number of nitrogens with zero attached hydrogens (tertiary/aromatic N) is 2. The van der Waals surface area contributed by atoms with Gasteiger partial charge in [0.15, 0.2) is 0 Å². The number of benzene rings is 2. The Balaban J connectivity index is 1.84. The zero-order valence-corrected chi connectivity index (χ0v) is 12.7. The van der Waals surface area contributed by atoms with Gasteiger partial charge in [-0.25, -0.2) is 0 Å². The molecule has 0 spiro atoms. The highest BCUT2D eigenvalue weighted by molar-refractivity contribution is 6.06. The molecule has 3 rings (SSSR count). The molecular weight excluding hydrogens is 286 g/mol. The number of nitrogens with one attached hydrogen (secondary N) is 1. The fourth-order valence-corrected chi connectivity index (χ4v) is 2.50. The Morgan fingerprint density at radius 1 is 1.13 bits per heavy atom. The van der Waals surface area contributed by atoms with Crippen LogP contribution in [-0.2, 0) is 0 Å². The molecule has 0 aliphatic carbocycles. The van der Waals surface area contributed by atoms with Crippen LogP contribution in [0.3, 0.4) is 0 Å². The van der Waals surface area contributed by atoms with E-state index in [4.69, 9.17) is 5.26 Å². The number of pyridine rings is 1. The lowest BCUT2D eigenvalue weighted by Gasteiger charge is -2.15. The fraction of sp³-hybridized carbons (Fsp3) is 0.105. The number of para-hydroxylation sites is 1. The average Bonchev–Trinajstić information content (AvgIpc) is 2.61. The van der Waals surface area contributed by atoms with Crippen LogP contribution >= 0.6 is 0 Å².